The number of piperidine rings is 1. The predicted octanol–water partition coefficient (Wildman–Crippen LogP) is 2.74. The van der Waals surface area contributed by atoms with Crippen molar-refractivity contribution in [3.05, 3.63) is 83.7 Å². The summed E-state index contributed by atoms with van der Waals surface area (Å²) in [6.07, 6.45) is 4.14. The van der Waals surface area contributed by atoms with Gasteiger partial charge in [-0.1, -0.05) is 12.1 Å². The van der Waals surface area contributed by atoms with Crippen molar-refractivity contribution in [1.82, 2.24) is 19.2 Å². The molecule has 0 saturated carbocycles. The molecule has 1 fully saturated rings. The lowest BCUT2D eigenvalue weighted by Crippen LogP contribution is -2.44. The highest BCUT2D eigenvalue weighted by Crippen LogP contribution is 2.26. The third-order valence-electron chi connectivity index (χ3n) is 6.05. The molecule has 1 aromatic heterocycles. The molecule has 0 radical (unpaired) electrons. The van der Waals surface area contributed by atoms with Crippen molar-refractivity contribution in [3.8, 4) is 6.07 Å². The molecular formula is C24H24FN5O3S. The van der Waals surface area contributed by atoms with Crippen molar-refractivity contribution in [3.63, 3.8) is 0 Å². The number of nitriles is 1. The maximum absolute atomic E-state index is 13.4. The second-order valence-electron chi connectivity index (χ2n) is 8.20. The number of aromatic nitrogens is 2. The van der Waals surface area contributed by atoms with Crippen molar-refractivity contribution in [2.75, 3.05) is 13.1 Å². The molecule has 8 nitrogen and oxygen atoms in total. The number of sulfonamides is 1. The first kappa shape index (κ1) is 23.6. The number of hydrogen-bond donors (Lipinski definition) is 1. The normalized spacial score (nSPS) is 16.0. The summed E-state index contributed by atoms with van der Waals surface area (Å²) in [6, 6.07) is 13.1. The van der Waals surface area contributed by atoms with Gasteiger partial charge in [-0.3, -0.25) is 4.79 Å². The lowest BCUT2D eigenvalue weighted by atomic mass is 9.96. The van der Waals surface area contributed by atoms with Gasteiger partial charge in [0.25, 0.3) is 0 Å². The van der Waals surface area contributed by atoms with Crippen LogP contribution in [0.4, 0.5) is 4.39 Å². The molecule has 10 heteroatoms. The van der Waals surface area contributed by atoms with E-state index in [9.17, 15) is 17.6 Å². The van der Waals surface area contributed by atoms with Gasteiger partial charge in [0.05, 0.1) is 16.5 Å². The van der Waals surface area contributed by atoms with E-state index in [4.69, 9.17) is 5.26 Å². The van der Waals surface area contributed by atoms with Gasteiger partial charge >= 0.3 is 0 Å². The molecule has 0 spiro atoms. The molecule has 176 valence electrons. The minimum atomic E-state index is -3.70. The Morgan fingerprint density at radius 1 is 1.15 bits per heavy atom. The summed E-state index contributed by atoms with van der Waals surface area (Å²) in [5.74, 6) is -0.325. The Hall–Kier alpha value is -3.55. The van der Waals surface area contributed by atoms with E-state index in [1.54, 1.807) is 29.1 Å². The van der Waals surface area contributed by atoms with Gasteiger partial charge in [0.15, 0.2) is 0 Å². The molecule has 1 N–H and O–H groups in total. The molecule has 1 aliphatic rings. The Labute approximate surface area is 197 Å². The number of aryl methyl sites for hydroxylation is 1. The second-order valence-corrected chi connectivity index (χ2v) is 10.1. The van der Waals surface area contributed by atoms with Crippen molar-refractivity contribution in [1.29, 1.82) is 5.26 Å². The first-order valence-electron chi connectivity index (χ1n) is 10.8. The number of imidazole rings is 1. The Balaban J connectivity index is 1.45. The number of amides is 1. The van der Waals surface area contributed by atoms with Gasteiger partial charge in [0.1, 0.15) is 17.7 Å². The minimum absolute atomic E-state index is 0.126. The Kier molecular flexibility index (Phi) is 6.77. The highest BCUT2D eigenvalue weighted by atomic mass is 32.2. The van der Waals surface area contributed by atoms with Crippen LogP contribution in [0.15, 0.2) is 65.8 Å². The summed E-state index contributed by atoms with van der Waals surface area (Å²) < 4.78 is 42.5. The Morgan fingerprint density at radius 2 is 1.79 bits per heavy atom. The second kappa shape index (κ2) is 9.75. The number of benzene rings is 2. The molecule has 1 amide bonds. The first-order valence-corrected chi connectivity index (χ1v) is 12.3. The zero-order valence-corrected chi connectivity index (χ0v) is 19.4. The van der Waals surface area contributed by atoms with Gasteiger partial charge in [0, 0.05) is 38.4 Å². The number of rotatable bonds is 6. The van der Waals surface area contributed by atoms with Crippen LogP contribution in [0, 0.1) is 23.1 Å². The third kappa shape index (κ3) is 4.85. The van der Waals surface area contributed by atoms with Gasteiger partial charge < -0.3 is 9.88 Å². The molecule has 2 aromatic carbocycles. The highest BCUT2D eigenvalue weighted by molar-refractivity contribution is 7.89. The van der Waals surface area contributed by atoms with E-state index >= 15 is 0 Å². The van der Waals surface area contributed by atoms with Crippen LogP contribution >= 0.6 is 0 Å². The van der Waals surface area contributed by atoms with E-state index in [1.165, 1.54) is 40.7 Å². The fourth-order valence-electron chi connectivity index (χ4n) is 4.08. The molecule has 1 atom stereocenters. The number of carbonyl (C=O) groups excluding carboxylic acids is 1. The zero-order chi connectivity index (χ0) is 24.3. The largest absolute Gasteiger partial charge is 0.342 e. The summed E-state index contributed by atoms with van der Waals surface area (Å²) in [6.45, 7) is 0.425. The Bertz CT molecular complexity index is 1310. The van der Waals surface area contributed by atoms with E-state index in [0.717, 1.165) is 0 Å². The molecule has 0 aliphatic carbocycles. The highest BCUT2D eigenvalue weighted by Gasteiger charge is 2.33. The van der Waals surface area contributed by atoms with Crippen LogP contribution in [0.3, 0.4) is 0 Å². The molecule has 0 bridgehead atoms. The topological polar surface area (TPSA) is 108 Å². The number of nitrogens with zero attached hydrogens (tertiary/aromatic N) is 4. The summed E-state index contributed by atoms with van der Waals surface area (Å²) in [5, 5.41) is 11.9. The lowest BCUT2D eigenvalue weighted by molar-refractivity contribution is -0.126. The standard InChI is InChI=1S/C24H24FN5O3S/c1-29-15-12-27-23(29)22(18-4-6-20(25)7-5-18)28-24(31)19-10-13-30(14-11-19)34(32,33)21-8-2-17(16-26)3-9-21/h2-9,12,15,19,22H,10-11,13-14H2,1H3,(H,28,31)/t22-/m1/s1. The molecular weight excluding hydrogens is 457 g/mol. The molecule has 0 unspecified atom stereocenters. The molecule has 3 aromatic rings. The van der Waals surface area contributed by atoms with Crippen LogP contribution in [0.5, 0.6) is 0 Å². The van der Waals surface area contributed by atoms with Gasteiger partial charge in [-0.15, -0.1) is 0 Å². The molecule has 1 aliphatic heterocycles. The average molecular weight is 482 g/mol. The molecule has 2 heterocycles. The quantitative estimate of drug-likeness (QED) is 0.583. The summed E-state index contributed by atoms with van der Waals surface area (Å²) in [7, 11) is -1.89. The van der Waals surface area contributed by atoms with Crippen LogP contribution in [0.25, 0.3) is 0 Å². The molecule has 34 heavy (non-hydrogen) atoms. The van der Waals surface area contributed by atoms with E-state index < -0.39 is 16.1 Å². The zero-order valence-electron chi connectivity index (χ0n) is 18.6. The van der Waals surface area contributed by atoms with Crippen LogP contribution in [0.1, 0.15) is 35.8 Å². The molecule has 1 saturated heterocycles. The maximum atomic E-state index is 13.4. The summed E-state index contributed by atoms with van der Waals surface area (Å²) in [4.78, 5) is 17.6. The summed E-state index contributed by atoms with van der Waals surface area (Å²) in [5.41, 5.74) is 1.09. The fourth-order valence-corrected chi connectivity index (χ4v) is 5.55. The maximum Gasteiger partial charge on any atom is 0.243 e. The average Bonchev–Trinajstić information content (AvgIpc) is 3.28. The predicted molar refractivity (Wildman–Crippen MR) is 122 cm³/mol. The van der Waals surface area contributed by atoms with Crippen LogP contribution in [-0.2, 0) is 21.9 Å². The van der Waals surface area contributed by atoms with E-state index in [2.05, 4.69) is 10.3 Å². The van der Waals surface area contributed by atoms with Crippen LogP contribution < -0.4 is 5.32 Å². The van der Waals surface area contributed by atoms with Gasteiger partial charge in [-0.25, -0.2) is 17.8 Å². The minimum Gasteiger partial charge on any atom is -0.342 e. The van der Waals surface area contributed by atoms with Crippen molar-refractivity contribution in [2.24, 2.45) is 13.0 Å². The molecule has 4 rings (SSSR count). The van der Waals surface area contributed by atoms with Crippen molar-refractivity contribution < 1.29 is 17.6 Å². The van der Waals surface area contributed by atoms with E-state index in [0.29, 0.717) is 29.8 Å². The lowest BCUT2D eigenvalue weighted by Gasteiger charge is -2.31. The SMILES string of the molecule is Cn1ccnc1[C@H](NC(=O)C1CCN(S(=O)(=O)c2ccc(C#N)cc2)CC1)c1ccc(F)cc1. The number of nitrogens with one attached hydrogen (secondary N) is 1. The number of hydrogen-bond acceptors (Lipinski definition) is 5. The third-order valence-corrected chi connectivity index (χ3v) is 7.97. The van der Waals surface area contributed by atoms with Gasteiger partial charge in [-0.05, 0) is 54.8 Å². The van der Waals surface area contributed by atoms with Crippen molar-refractivity contribution in [2.45, 2.75) is 23.8 Å². The first-order chi connectivity index (χ1) is 16.3. The number of carbonyl (C=O) groups is 1. The monoisotopic (exact) mass is 481 g/mol. The Morgan fingerprint density at radius 3 is 2.35 bits per heavy atom. The van der Waals surface area contributed by atoms with Crippen LogP contribution in [-0.4, -0.2) is 41.3 Å². The number of halogens is 1. The van der Waals surface area contributed by atoms with Gasteiger partial charge in [-0.2, -0.15) is 9.57 Å². The van der Waals surface area contributed by atoms with Crippen molar-refractivity contribution >= 4 is 15.9 Å². The van der Waals surface area contributed by atoms with Crippen LogP contribution in [0.2, 0.25) is 0 Å². The van der Waals surface area contributed by atoms with E-state index in [-0.39, 0.29) is 35.6 Å². The van der Waals surface area contributed by atoms with Gasteiger partial charge in [0.2, 0.25) is 15.9 Å². The smallest absolute Gasteiger partial charge is 0.243 e. The fraction of sp³-hybridized carbons (Fsp3) is 0.292. The van der Waals surface area contributed by atoms with E-state index in [1.807, 2.05) is 13.1 Å². The summed E-state index contributed by atoms with van der Waals surface area (Å²) >= 11 is 0.